The lowest BCUT2D eigenvalue weighted by Crippen LogP contribution is -2.26. The van der Waals surface area contributed by atoms with Crippen molar-refractivity contribution in [2.45, 2.75) is 6.42 Å². The van der Waals surface area contributed by atoms with Crippen molar-refractivity contribution in [1.82, 2.24) is 0 Å². The minimum absolute atomic E-state index is 0.0136. The highest BCUT2D eigenvalue weighted by atomic mass is 16.6. The van der Waals surface area contributed by atoms with Crippen molar-refractivity contribution in [3.63, 3.8) is 0 Å². The summed E-state index contributed by atoms with van der Waals surface area (Å²) in [5.41, 5.74) is -1.30. The zero-order valence-electron chi connectivity index (χ0n) is 10.3. The van der Waals surface area contributed by atoms with Crippen LogP contribution in [0.5, 0.6) is 0 Å². The molecule has 0 spiro atoms. The average Bonchev–Trinajstić information content (AvgIpc) is 2.78. The molecule has 106 valence electrons. The lowest BCUT2D eigenvalue weighted by molar-refractivity contribution is -0.392. The van der Waals surface area contributed by atoms with Gasteiger partial charge in [-0.3, -0.25) is 25.0 Å². The molecular formula is C11H11N3O6. The van der Waals surface area contributed by atoms with Gasteiger partial charge in [0.15, 0.2) is 0 Å². The molecule has 1 aromatic rings. The molecule has 1 amide bonds. The number of carbonyl (C=O) groups excluding carboxylic acids is 1. The fourth-order valence-electron chi connectivity index (χ4n) is 2.21. The second-order valence-electron chi connectivity index (χ2n) is 4.42. The van der Waals surface area contributed by atoms with Gasteiger partial charge < -0.3 is 10.0 Å². The number of amides is 1. The maximum Gasteiger partial charge on any atom is 0.300 e. The first-order valence-corrected chi connectivity index (χ1v) is 5.78. The molecule has 2 rings (SSSR count). The molecule has 1 atom stereocenters. The van der Waals surface area contributed by atoms with Gasteiger partial charge in [0.25, 0.3) is 11.4 Å². The topological polar surface area (TPSA) is 127 Å². The van der Waals surface area contributed by atoms with Gasteiger partial charge in [0.1, 0.15) is 0 Å². The standard InChI is InChI=1S/C11H11N3O6/c15-6-7-4-10(16)12(5-7)11-8(13(17)18)2-1-3-9(11)14(19)20/h1-3,7,15H,4-6H2. The fraction of sp³-hybridized carbons (Fsp3) is 0.364. The van der Waals surface area contributed by atoms with Gasteiger partial charge in [-0.1, -0.05) is 0 Å². The number of nitrogens with zero attached hydrogens (tertiary/aromatic N) is 3. The highest BCUT2D eigenvalue weighted by Crippen LogP contribution is 2.40. The van der Waals surface area contributed by atoms with E-state index < -0.39 is 27.1 Å². The van der Waals surface area contributed by atoms with E-state index in [0.717, 1.165) is 17.0 Å². The third-order valence-electron chi connectivity index (χ3n) is 3.12. The van der Waals surface area contributed by atoms with Crippen LogP contribution in [0.15, 0.2) is 18.2 Å². The predicted octanol–water partition coefficient (Wildman–Crippen LogP) is 0.848. The number of rotatable bonds is 4. The van der Waals surface area contributed by atoms with Crippen LogP contribution in [0, 0.1) is 26.1 Å². The fourth-order valence-corrected chi connectivity index (χ4v) is 2.21. The Bertz CT molecular complexity index is 555. The Labute approximate surface area is 112 Å². The summed E-state index contributed by atoms with van der Waals surface area (Å²) in [5.74, 6) is -0.844. The molecular weight excluding hydrogens is 270 g/mol. The van der Waals surface area contributed by atoms with E-state index in [1.54, 1.807) is 0 Å². The van der Waals surface area contributed by atoms with Gasteiger partial charge in [0.05, 0.1) is 9.85 Å². The number of aliphatic hydroxyl groups is 1. The van der Waals surface area contributed by atoms with E-state index in [-0.39, 0.29) is 31.2 Å². The van der Waals surface area contributed by atoms with Gasteiger partial charge in [-0.25, -0.2) is 0 Å². The summed E-state index contributed by atoms with van der Waals surface area (Å²) in [4.78, 5) is 33.4. The largest absolute Gasteiger partial charge is 0.396 e. The summed E-state index contributed by atoms with van der Waals surface area (Å²) in [7, 11) is 0. The van der Waals surface area contributed by atoms with Crippen LogP contribution in [-0.4, -0.2) is 34.0 Å². The molecule has 1 aliphatic rings. The molecule has 1 unspecified atom stereocenters. The van der Waals surface area contributed by atoms with Crippen LogP contribution in [0.25, 0.3) is 0 Å². The number of benzene rings is 1. The molecule has 1 saturated heterocycles. The number of para-hydroxylation sites is 1. The molecule has 0 saturated carbocycles. The van der Waals surface area contributed by atoms with Gasteiger partial charge >= 0.3 is 0 Å². The van der Waals surface area contributed by atoms with Gasteiger partial charge in [-0.15, -0.1) is 0 Å². The van der Waals surface area contributed by atoms with Crippen molar-refractivity contribution in [2.24, 2.45) is 5.92 Å². The van der Waals surface area contributed by atoms with Crippen LogP contribution in [0.1, 0.15) is 6.42 Å². The van der Waals surface area contributed by atoms with E-state index in [0.29, 0.717) is 0 Å². The van der Waals surface area contributed by atoms with Crippen LogP contribution in [0.3, 0.4) is 0 Å². The number of aliphatic hydroxyl groups excluding tert-OH is 1. The first-order valence-electron chi connectivity index (χ1n) is 5.78. The number of hydrogen-bond acceptors (Lipinski definition) is 6. The highest BCUT2D eigenvalue weighted by molar-refractivity contribution is 6.00. The molecule has 9 nitrogen and oxygen atoms in total. The zero-order chi connectivity index (χ0) is 14.9. The maximum absolute atomic E-state index is 11.9. The number of anilines is 1. The second kappa shape index (κ2) is 5.21. The van der Waals surface area contributed by atoms with Gasteiger partial charge in [-0.05, 0) is 6.07 Å². The van der Waals surface area contributed by atoms with Crippen LogP contribution < -0.4 is 4.90 Å². The number of carbonyl (C=O) groups is 1. The number of hydrogen-bond donors (Lipinski definition) is 1. The first-order chi connectivity index (χ1) is 9.45. The average molecular weight is 281 g/mol. The Morgan fingerprint density at radius 2 is 1.80 bits per heavy atom. The third-order valence-corrected chi connectivity index (χ3v) is 3.12. The molecule has 1 N–H and O–H groups in total. The predicted molar refractivity (Wildman–Crippen MR) is 67.3 cm³/mol. The SMILES string of the molecule is O=C1CC(CO)CN1c1c([N+](=O)[O-])cccc1[N+](=O)[O-]. The Balaban J connectivity index is 2.56. The molecule has 0 aliphatic carbocycles. The van der Waals surface area contributed by atoms with E-state index in [1.165, 1.54) is 6.07 Å². The Kier molecular flexibility index (Phi) is 3.61. The van der Waals surface area contributed by atoms with Gasteiger partial charge in [-0.2, -0.15) is 0 Å². The molecule has 0 radical (unpaired) electrons. The molecule has 1 aliphatic heterocycles. The molecule has 1 aromatic carbocycles. The zero-order valence-corrected chi connectivity index (χ0v) is 10.3. The van der Waals surface area contributed by atoms with Crippen molar-refractivity contribution in [1.29, 1.82) is 0 Å². The lowest BCUT2D eigenvalue weighted by atomic mass is 10.1. The van der Waals surface area contributed by atoms with Crippen molar-refractivity contribution >= 4 is 23.0 Å². The first kappa shape index (κ1) is 13.9. The number of nitro benzene ring substituents is 2. The minimum atomic E-state index is -0.762. The van der Waals surface area contributed by atoms with Crippen molar-refractivity contribution in [3.05, 3.63) is 38.4 Å². The molecule has 9 heteroatoms. The quantitative estimate of drug-likeness (QED) is 0.643. The monoisotopic (exact) mass is 281 g/mol. The number of nitro groups is 2. The van der Waals surface area contributed by atoms with Crippen molar-refractivity contribution < 1.29 is 19.7 Å². The van der Waals surface area contributed by atoms with Crippen LogP contribution in [0.2, 0.25) is 0 Å². The summed E-state index contributed by atoms with van der Waals surface area (Å²) in [5, 5.41) is 31.1. The third kappa shape index (κ3) is 2.30. The van der Waals surface area contributed by atoms with Crippen LogP contribution in [0.4, 0.5) is 17.1 Å². The van der Waals surface area contributed by atoms with Crippen molar-refractivity contribution in [2.75, 3.05) is 18.1 Å². The van der Waals surface area contributed by atoms with Gasteiger partial charge in [0, 0.05) is 37.6 Å². The summed E-state index contributed by atoms with van der Waals surface area (Å²) < 4.78 is 0. The minimum Gasteiger partial charge on any atom is -0.396 e. The molecule has 20 heavy (non-hydrogen) atoms. The Morgan fingerprint density at radius 3 is 2.20 bits per heavy atom. The second-order valence-corrected chi connectivity index (χ2v) is 4.42. The van der Waals surface area contributed by atoms with E-state index in [2.05, 4.69) is 0 Å². The normalized spacial score (nSPS) is 18.4. The van der Waals surface area contributed by atoms with E-state index in [4.69, 9.17) is 5.11 Å². The summed E-state index contributed by atoms with van der Waals surface area (Å²) >= 11 is 0. The Morgan fingerprint density at radius 1 is 1.25 bits per heavy atom. The van der Waals surface area contributed by atoms with Crippen LogP contribution in [-0.2, 0) is 4.79 Å². The molecule has 1 fully saturated rings. The molecule has 1 heterocycles. The van der Waals surface area contributed by atoms with E-state index in [9.17, 15) is 25.0 Å². The highest BCUT2D eigenvalue weighted by Gasteiger charge is 2.38. The van der Waals surface area contributed by atoms with E-state index in [1.807, 2.05) is 0 Å². The molecule has 0 aromatic heterocycles. The summed E-state index contributed by atoms with van der Waals surface area (Å²) in [6.07, 6.45) is 0.0136. The smallest absolute Gasteiger partial charge is 0.300 e. The summed E-state index contributed by atoms with van der Waals surface area (Å²) in [6, 6.07) is 3.42. The van der Waals surface area contributed by atoms with E-state index >= 15 is 0 Å². The lowest BCUT2D eigenvalue weighted by Gasteiger charge is -2.16. The van der Waals surface area contributed by atoms with Gasteiger partial charge in [0.2, 0.25) is 11.6 Å². The molecule has 0 bridgehead atoms. The van der Waals surface area contributed by atoms with Crippen molar-refractivity contribution in [3.8, 4) is 0 Å². The van der Waals surface area contributed by atoms with Crippen LogP contribution >= 0.6 is 0 Å². The maximum atomic E-state index is 11.9. The Hall–Kier alpha value is -2.55. The summed E-state index contributed by atoms with van der Waals surface area (Å²) in [6.45, 7) is -0.225.